The predicted octanol–water partition coefficient (Wildman–Crippen LogP) is 4.39. The highest BCUT2D eigenvalue weighted by Crippen LogP contribution is 2.22. The van der Waals surface area contributed by atoms with Crippen LogP contribution < -0.4 is 15.5 Å². The maximum absolute atomic E-state index is 6.14. The first-order chi connectivity index (χ1) is 11.6. The van der Waals surface area contributed by atoms with Crippen molar-refractivity contribution in [1.29, 1.82) is 0 Å². The van der Waals surface area contributed by atoms with E-state index in [0.29, 0.717) is 21.8 Å². The Morgan fingerprint density at radius 3 is 2.83 bits per heavy atom. The van der Waals surface area contributed by atoms with Crippen LogP contribution in [0, 0.1) is 0 Å². The minimum Gasteiger partial charge on any atom is -0.489 e. The number of hydrogen-bond acceptors (Lipinski definition) is 3. The third-order valence-electron chi connectivity index (χ3n) is 2.98. The van der Waals surface area contributed by atoms with E-state index in [0.717, 1.165) is 23.4 Å². The van der Waals surface area contributed by atoms with Crippen molar-refractivity contribution in [2.75, 3.05) is 6.54 Å². The monoisotopic (exact) mass is 381 g/mol. The number of hydrazone groups is 1. The molecule has 0 heterocycles. The van der Waals surface area contributed by atoms with Crippen LogP contribution in [0.1, 0.15) is 18.1 Å². The first-order valence-electron chi connectivity index (χ1n) is 7.32. The van der Waals surface area contributed by atoms with Gasteiger partial charge in [0.05, 0.1) is 6.21 Å². The summed E-state index contributed by atoms with van der Waals surface area (Å²) in [7, 11) is 0. The van der Waals surface area contributed by atoms with Crippen molar-refractivity contribution in [1.82, 2.24) is 10.7 Å². The van der Waals surface area contributed by atoms with Crippen LogP contribution in [0.3, 0.4) is 0 Å². The highest BCUT2D eigenvalue weighted by Gasteiger charge is 2.03. The van der Waals surface area contributed by atoms with Crippen LogP contribution in [0.5, 0.6) is 5.75 Å². The van der Waals surface area contributed by atoms with Gasteiger partial charge in [-0.3, -0.25) is 5.43 Å². The Bertz CT molecular complexity index is 738. The van der Waals surface area contributed by atoms with Gasteiger partial charge in [0.25, 0.3) is 0 Å². The Balaban J connectivity index is 1.95. The molecule has 0 amide bonds. The third-order valence-corrected chi connectivity index (χ3v) is 3.81. The van der Waals surface area contributed by atoms with E-state index in [9.17, 15) is 0 Å². The highest BCUT2D eigenvalue weighted by molar-refractivity contribution is 7.80. The fourth-order valence-electron chi connectivity index (χ4n) is 1.85. The summed E-state index contributed by atoms with van der Waals surface area (Å²) < 4.78 is 5.77. The van der Waals surface area contributed by atoms with Gasteiger partial charge in [0.1, 0.15) is 12.4 Å². The Kier molecular flexibility index (Phi) is 7.31. The molecule has 0 unspecified atom stereocenters. The lowest BCUT2D eigenvalue weighted by Gasteiger charge is -2.08. The topological polar surface area (TPSA) is 45.7 Å². The van der Waals surface area contributed by atoms with Gasteiger partial charge in [-0.25, -0.2) is 0 Å². The van der Waals surface area contributed by atoms with Gasteiger partial charge in [0, 0.05) is 22.2 Å². The van der Waals surface area contributed by atoms with Crippen LogP contribution in [0.15, 0.2) is 47.6 Å². The van der Waals surface area contributed by atoms with E-state index in [1.165, 1.54) is 0 Å². The third kappa shape index (κ3) is 6.00. The zero-order valence-corrected chi connectivity index (χ0v) is 15.4. The molecule has 7 heteroatoms. The van der Waals surface area contributed by atoms with Gasteiger partial charge in [-0.05, 0) is 49.0 Å². The minimum absolute atomic E-state index is 0.360. The van der Waals surface area contributed by atoms with Gasteiger partial charge in [-0.1, -0.05) is 41.4 Å². The lowest BCUT2D eigenvalue weighted by Crippen LogP contribution is -2.31. The smallest absolute Gasteiger partial charge is 0.186 e. The molecule has 0 aromatic heterocycles. The van der Waals surface area contributed by atoms with Crippen LogP contribution in [0.25, 0.3) is 0 Å². The molecule has 0 spiro atoms. The van der Waals surface area contributed by atoms with E-state index >= 15 is 0 Å². The van der Waals surface area contributed by atoms with E-state index in [1.54, 1.807) is 18.3 Å². The lowest BCUT2D eigenvalue weighted by molar-refractivity contribution is 0.306. The molecule has 2 aromatic carbocycles. The Morgan fingerprint density at radius 1 is 1.25 bits per heavy atom. The van der Waals surface area contributed by atoms with E-state index in [-0.39, 0.29) is 0 Å². The first kappa shape index (κ1) is 18.5. The summed E-state index contributed by atoms with van der Waals surface area (Å²) in [4.78, 5) is 0. The van der Waals surface area contributed by atoms with E-state index < -0.39 is 0 Å². The van der Waals surface area contributed by atoms with Crippen molar-refractivity contribution >= 4 is 46.7 Å². The van der Waals surface area contributed by atoms with Gasteiger partial charge in [0.2, 0.25) is 0 Å². The number of nitrogens with one attached hydrogen (secondary N) is 2. The zero-order chi connectivity index (χ0) is 17.4. The summed E-state index contributed by atoms with van der Waals surface area (Å²) in [6.07, 6.45) is 1.67. The average Bonchev–Trinajstić information content (AvgIpc) is 2.55. The number of ether oxygens (including phenoxy) is 1. The molecule has 2 N–H and O–H groups in total. The van der Waals surface area contributed by atoms with E-state index in [1.807, 2.05) is 37.3 Å². The van der Waals surface area contributed by atoms with Gasteiger partial charge in [-0.2, -0.15) is 5.10 Å². The standard InChI is InChI=1S/C17H17Cl2N3OS/c1-2-20-17(24)22-21-10-12-4-3-5-15(8-12)23-11-13-6-7-14(18)9-16(13)19/h3-10H,2,11H2,1H3,(H2,20,22,24)/b21-10+. The molecule has 2 rings (SSSR count). The number of nitrogens with zero attached hydrogens (tertiary/aromatic N) is 1. The average molecular weight is 382 g/mol. The van der Waals surface area contributed by atoms with Gasteiger partial charge in [0.15, 0.2) is 5.11 Å². The number of hydrogen-bond donors (Lipinski definition) is 2. The molecule has 4 nitrogen and oxygen atoms in total. The number of halogens is 2. The van der Waals surface area contributed by atoms with Crippen molar-refractivity contribution in [3.05, 3.63) is 63.6 Å². The molecule has 126 valence electrons. The number of rotatable bonds is 6. The Hall–Kier alpha value is -1.82. The van der Waals surface area contributed by atoms with Crippen molar-refractivity contribution in [2.45, 2.75) is 13.5 Å². The zero-order valence-electron chi connectivity index (χ0n) is 13.1. The van der Waals surface area contributed by atoms with Crippen LogP contribution in [0.2, 0.25) is 10.0 Å². The van der Waals surface area contributed by atoms with Crippen LogP contribution in [-0.4, -0.2) is 17.9 Å². The quantitative estimate of drug-likeness (QED) is 0.442. The molecule has 0 fully saturated rings. The second-order valence-electron chi connectivity index (χ2n) is 4.83. The van der Waals surface area contributed by atoms with Crippen molar-refractivity contribution in [3.8, 4) is 5.75 Å². The Labute approximate surface area is 156 Å². The number of thiocarbonyl (C=S) groups is 1. The summed E-state index contributed by atoms with van der Waals surface area (Å²) >= 11 is 17.1. The predicted molar refractivity (Wildman–Crippen MR) is 104 cm³/mol. The van der Waals surface area contributed by atoms with Gasteiger partial charge >= 0.3 is 0 Å². The van der Waals surface area contributed by atoms with Crippen molar-refractivity contribution < 1.29 is 4.74 Å². The molecule has 0 saturated carbocycles. The first-order valence-corrected chi connectivity index (χ1v) is 8.48. The fourth-order valence-corrected chi connectivity index (χ4v) is 2.51. The normalized spacial score (nSPS) is 10.6. The van der Waals surface area contributed by atoms with E-state index in [2.05, 4.69) is 15.8 Å². The highest BCUT2D eigenvalue weighted by atomic mass is 35.5. The molecule has 0 bridgehead atoms. The maximum atomic E-state index is 6.14. The summed E-state index contributed by atoms with van der Waals surface area (Å²) in [5.41, 5.74) is 4.50. The van der Waals surface area contributed by atoms with Crippen LogP contribution >= 0.6 is 35.4 Å². The number of benzene rings is 2. The molecule has 24 heavy (non-hydrogen) atoms. The van der Waals surface area contributed by atoms with Crippen LogP contribution in [0.4, 0.5) is 0 Å². The second-order valence-corrected chi connectivity index (χ2v) is 6.08. The summed E-state index contributed by atoms with van der Waals surface area (Å²) in [6, 6.07) is 12.9. The SMILES string of the molecule is CCNC(=S)N/N=C/c1cccc(OCc2ccc(Cl)cc2Cl)c1. The van der Waals surface area contributed by atoms with E-state index in [4.69, 9.17) is 40.2 Å². The molecule has 0 atom stereocenters. The molecule has 2 aromatic rings. The van der Waals surface area contributed by atoms with Crippen molar-refractivity contribution in [3.63, 3.8) is 0 Å². The molecular weight excluding hydrogens is 365 g/mol. The molecule has 0 aliphatic carbocycles. The van der Waals surface area contributed by atoms with Gasteiger partial charge < -0.3 is 10.1 Å². The summed E-state index contributed by atoms with van der Waals surface area (Å²) in [6.45, 7) is 3.07. The molecular formula is C17H17Cl2N3OS. The maximum Gasteiger partial charge on any atom is 0.186 e. The molecule has 0 saturated heterocycles. The minimum atomic E-state index is 0.360. The fraction of sp³-hybridized carbons (Fsp3) is 0.176. The molecule has 0 aliphatic rings. The molecule has 0 aliphatic heterocycles. The lowest BCUT2D eigenvalue weighted by atomic mass is 10.2. The summed E-state index contributed by atoms with van der Waals surface area (Å²) in [5, 5.41) is 8.70. The largest absolute Gasteiger partial charge is 0.489 e. The van der Waals surface area contributed by atoms with Crippen LogP contribution in [-0.2, 0) is 6.61 Å². The van der Waals surface area contributed by atoms with Gasteiger partial charge in [-0.15, -0.1) is 0 Å². The second kappa shape index (κ2) is 9.47. The Morgan fingerprint density at radius 2 is 2.08 bits per heavy atom. The summed E-state index contributed by atoms with van der Waals surface area (Å²) in [5.74, 6) is 0.722. The molecule has 0 radical (unpaired) electrons. The van der Waals surface area contributed by atoms with Crippen molar-refractivity contribution in [2.24, 2.45) is 5.10 Å².